The highest BCUT2D eigenvalue weighted by Gasteiger charge is 2.49. The van der Waals surface area contributed by atoms with Gasteiger partial charge in [-0.1, -0.05) is 20.3 Å². The molecule has 1 aliphatic rings. The van der Waals surface area contributed by atoms with Crippen molar-refractivity contribution in [1.82, 2.24) is 5.32 Å². The highest BCUT2D eigenvalue weighted by molar-refractivity contribution is 7.86. The molecule has 0 radical (unpaired) electrons. The number of hydrogen-bond donors (Lipinski definition) is 1. The van der Waals surface area contributed by atoms with E-state index in [1.165, 1.54) is 0 Å². The zero-order valence-electron chi connectivity index (χ0n) is 13.4. The van der Waals surface area contributed by atoms with Crippen molar-refractivity contribution in [2.75, 3.05) is 5.75 Å². The molecule has 1 unspecified atom stereocenters. The van der Waals surface area contributed by atoms with Crippen molar-refractivity contribution in [3.05, 3.63) is 0 Å². The van der Waals surface area contributed by atoms with Crippen LogP contribution in [0.5, 0.6) is 0 Å². The highest BCUT2D eigenvalue weighted by atomic mass is 32.3. The Morgan fingerprint density at radius 1 is 1.33 bits per heavy atom. The SMILES string of the molecule is CC(C)C(NC(=O)OC(C)(C)C)C1(CS(=O)(=O)F)CCC1. The van der Waals surface area contributed by atoms with E-state index in [2.05, 4.69) is 5.32 Å². The molecule has 1 N–H and O–H groups in total. The summed E-state index contributed by atoms with van der Waals surface area (Å²) in [5.41, 5.74) is -1.36. The topological polar surface area (TPSA) is 72.5 Å². The Kier molecular flexibility index (Phi) is 5.29. The van der Waals surface area contributed by atoms with E-state index in [0.29, 0.717) is 12.8 Å². The Bertz CT molecular complexity index is 478. The zero-order valence-corrected chi connectivity index (χ0v) is 14.2. The molecule has 124 valence electrons. The number of ether oxygens (including phenoxy) is 1. The molecule has 7 heteroatoms. The van der Waals surface area contributed by atoms with Crippen LogP contribution in [-0.2, 0) is 15.0 Å². The first-order valence-corrected chi connectivity index (χ1v) is 8.82. The third-order valence-electron chi connectivity index (χ3n) is 3.81. The van der Waals surface area contributed by atoms with Gasteiger partial charge in [0.2, 0.25) is 0 Å². The predicted octanol–water partition coefficient (Wildman–Crippen LogP) is 3.01. The Morgan fingerprint density at radius 2 is 1.86 bits per heavy atom. The van der Waals surface area contributed by atoms with Crippen molar-refractivity contribution in [1.29, 1.82) is 0 Å². The summed E-state index contributed by atoms with van der Waals surface area (Å²) in [5.74, 6) is -0.557. The fourth-order valence-corrected chi connectivity index (χ4v) is 4.14. The van der Waals surface area contributed by atoms with Gasteiger partial charge in [-0.3, -0.25) is 0 Å². The van der Waals surface area contributed by atoms with Crippen LogP contribution < -0.4 is 5.32 Å². The van der Waals surface area contributed by atoms with Crippen LogP contribution in [0.3, 0.4) is 0 Å². The van der Waals surface area contributed by atoms with Crippen LogP contribution in [0.4, 0.5) is 8.68 Å². The number of carbonyl (C=O) groups is 1. The fourth-order valence-electron chi connectivity index (χ4n) is 2.98. The summed E-state index contributed by atoms with van der Waals surface area (Å²) >= 11 is 0. The number of amides is 1. The zero-order chi connectivity index (χ0) is 16.5. The standard InChI is InChI=1S/C14H26FNO4S/c1-10(2)11(16-12(17)20-13(3,4)5)14(7-6-8-14)9-21(15,18)19/h10-11H,6-9H2,1-5H3,(H,16,17). The third kappa shape index (κ3) is 5.45. The van der Waals surface area contributed by atoms with Crippen LogP contribution in [0.1, 0.15) is 53.9 Å². The molecule has 0 saturated heterocycles. The van der Waals surface area contributed by atoms with E-state index in [9.17, 15) is 17.1 Å². The normalized spacial score (nSPS) is 19.8. The largest absolute Gasteiger partial charge is 0.444 e. The number of hydrogen-bond acceptors (Lipinski definition) is 4. The second kappa shape index (κ2) is 6.10. The van der Waals surface area contributed by atoms with E-state index in [0.717, 1.165) is 6.42 Å². The molecule has 0 aliphatic heterocycles. The summed E-state index contributed by atoms with van der Waals surface area (Å²) < 4.78 is 40.5. The summed E-state index contributed by atoms with van der Waals surface area (Å²) in [6.07, 6.45) is 1.43. The minimum Gasteiger partial charge on any atom is -0.444 e. The van der Waals surface area contributed by atoms with Gasteiger partial charge in [-0.25, -0.2) is 4.79 Å². The Balaban J connectivity index is 2.88. The molecule has 1 atom stereocenters. The Hall–Kier alpha value is -0.850. The minimum absolute atomic E-state index is 0.0143. The molecular weight excluding hydrogens is 297 g/mol. The van der Waals surface area contributed by atoms with Gasteiger partial charge in [0.25, 0.3) is 0 Å². The Morgan fingerprint density at radius 3 is 2.14 bits per heavy atom. The molecule has 1 rings (SSSR count). The second-order valence-electron chi connectivity index (χ2n) is 7.27. The van der Waals surface area contributed by atoms with Crippen molar-refractivity contribution in [3.63, 3.8) is 0 Å². The molecule has 0 aromatic carbocycles. The van der Waals surface area contributed by atoms with E-state index in [1.54, 1.807) is 20.8 Å². The molecule has 0 heterocycles. The lowest BCUT2D eigenvalue weighted by molar-refractivity contribution is 0.0278. The van der Waals surface area contributed by atoms with Crippen LogP contribution in [-0.4, -0.2) is 31.9 Å². The van der Waals surface area contributed by atoms with Crippen LogP contribution in [0.2, 0.25) is 0 Å². The molecular formula is C14H26FNO4S. The molecule has 21 heavy (non-hydrogen) atoms. The second-order valence-corrected chi connectivity index (χ2v) is 8.63. The van der Waals surface area contributed by atoms with Gasteiger partial charge in [-0.15, -0.1) is 3.89 Å². The monoisotopic (exact) mass is 323 g/mol. The molecule has 1 aliphatic carbocycles. The number of alkyl carbamates (subject to hydrolysis) is 1. The maximum atomic E-state index is 13.2. The van der Waals surface area contributed by atoms with Crippen LogP contribution in [0, 0.1) is 11.3 Å². The van der Waals surface area contributed by atoms with Crippen LogP contribution >= 0.6 is 0 Å². The van der Waals surface area contributed by atoms with Gasteiger partial charge >= 0.3 is 16.3 Å². The van der Waals surface area contributed by atoms with Gasteiger partial charge < -0.3 is 10.1 Å². The number of rotatable bonds is 5. The van der Waals surface area contributed by atoms with E-state index in [1.807, 2.05) is 13.8 Å². The molecule has 0 aromatic heterocycles. The first kappa shape index (κ1) is 18.2. The third-order valence-corrected chi connectivity index (χ3v) is 4.73. The van der Waals surface area contributed by atoms with Gasteiger partial charge in [0, 0.05) is 11.5 Å². The summed E-state index contributed by atoms with van der Waals surface area (Å²) in [6, 6.07) is -0.424. The molecule has 0 aromatic rings. The lowest BCUT2D eigenvalue weighted by Crippen LogP contribution is -2.57. The summed E-state index contributed by atoms with van der Waals surface area (Å²) in [6.45, 7) is 9.02. The van der Waals surface area contributed by atoms with Gasteiger partial charge in [-0.05, 0) is 39.5 Å². The van der Waals surface area contributed by atoms with Gasteiger partial charge in [0.1, 0.15) is 5.60 Å². The maximum Gasteiger partial charge on any atom is 0.407 e. The molecule has 0 bridgehead atoms. The van der Waals surface area contributed by atoms with Gasteiger partial charge in [0.15, 0.2) is 0 Å². The van der Waals surface area contributed by atoms with Crippen molar-refractivity contribution in [2.45, 2.75) is 65.5 Å². The Labute approximate surface area is 126 Å². The summed E-state index contributed by atoms with van der Waals surface area (Å²) in [7, 11) is -4.58. The van der Waals surface area contributed by atoms with Crippen molar-refractivity contribution in [3.8, 4) is 0 Å². The average molecular weight is 323 g/mol. The lowest BCUT2D eigenvalue weighted by atomic mass is 9.62. The predicted molar refractivity (Wildman–Crippen MR) is 79.2 cm³/mol. The lowest BCUT2D eigenvalue weighted by Gasteiger charge is -2.48. The molecule has 1 saturated carbocycles. The van der Waals surface area contributed by atoms with E-state index < -0.39 is 39.1 Å². The van der Waals surface area contributed by atoms with E-state index >= 15 is 0 Å². The first-order chi connectivity index (χ1) is 9.35. The number of halogens is 1. The molecule has 1 amide bonds. The van der Waals surface area contributed by atoms with Crippen molar-refractivity contribution >= 4 is 16.3 Å². The first-order valence-electron chi connectivity index (χ1n) is 7.26. The fraction of sp³-hybridized carbons (Fsp3) is 0.929. The number of carbonyl (C=O) groups excluding carboxylic acids is 1. The quantitative estimate of drug-likeness (QED) is 0.789. The maximum absolute atomic E-state index is 13.2. The smallest absolute Gasteiger partial charge is 0.407 e. The van der Waals surface area contributed by atoms with Gasteiger partial charge in [-0.2, -0.15) is 8.42 Å². The highest BCUT2D eigenvalue weighted by Crippen LogP contribution is 2.47. The van der Waals surface area contributed by atoms with Crippen molar-refractivity contribution < 1.29 is 21.8 Å². The minimum atomic E-state index is -4.58. The average Bonchev–Trinajstić information content (AvgIpc) is 2.16. The summed E-state index contributed by atoms with van der Waals surface area (Å²) in [5, 5.41) is 2.75. The number of nitrogens with one attached hydrogen (secondary N) is 1. The van der Waals surface area contributed by atoms with E-state index in [-0.39, 0.29) is 5.92 Å². The van der Waals surface area contributed by atoms with Crippen LogP contribution in [0.15, 0.2) is 0 Å². The summed E-state index contributed by atoms with van der Waals surface area (Å²) in [4.78, 5) is 11.9. The van der Waals surface area contributed by atoms with Gasteiger partial charge in [0.05, 0.1) is 5.75 Å². The molecule has 1 fully saturated rings. The molecule has 5 nitrogen and oxygen atoms in total. The molecule has 0 spiro atoms. The van der Waals surface area contributed by atoms with Crippen LogP contribution in [0.25, 0.3) is 0 Å². The van der Waals surface area contributed by atoms with Crippen molar-refractivity contribution in [2.24, 2.45) is 11.3 Å². The van der Waals surface area contributed by atoms with E-state index in [4.69, 9.17) is 4.74 Å².